The Balaban J connectivity index is 2.65. The summed E-state index contributed by atoms with van der Waals surface area (Å²) in [6.07, 6.45) is 7.40. The fourth-order valence-electron chi connectivity index (χ4n) is 1.83. The Morgan fingerprint density at radius 2 is 2.33 bits per heavy atom. The third-order valence-electron chi connectivity index (χ3n) is 2.35. The zero-order valence-corrected chi connectivity index (χ0v) is 9.53. The number of methoxy groups -OCH3 is 1. The minimum Gasteiger partial charge on any atom is -0.504 e. The van der Waals surface area contributed by atoms with Crippen molar-refractivity contribution in [1.29, 1.82) is 0 Å². The zero-order chi connectivity index (χ0) is 11.3. The highest BCUT2D eigenvalue weighted by Crippen LogP contribution is 2.26. The lowest BCUT2D eigenvalue weighted by Gasteiger charge is -2.24. The summed E-state index contributed by atoms with van der Waals surface area (Å²) in [6, 6.07) is 0. The zero-order valence-electron chi connectivity index (χ0n) is 9.53. The molecule has 2 atom stereocenters. The summed E-state index contributed by atoms with van der Waals surface area (Å²) in [4.78, 5) is 10.8. The van der Waals surface area contributed by atoms with Crippen LogP contribution in [-0.2, 0) is 14.3 Å². The van der Waals surface area contributed by atoms with Crippen molar-refractivity contribution in [2.45, 2.75) is 32.8 Å². The predicted molar refractivity (Wildman–Crippen MR) is 58.2 cm³/mol. The molecular formula is C12H18O3. The van der Waals surface area contributed by atoms with Crippen LogP contribution in [-0.4, -0.2) is 19.2 Å². The molecular weight excluding hydrogens is 192 g/mol. The van der Waals surface area contributed by atoms with Gasteiger partial charge in [-0.1, -0.05) is 6.92 Å². The maximum Gasteiger partial charge on any atom is 0.303 e. The Kier molecular flexibility index (Phi) is 4.40. The van der Waals surface area contributed by atoms with E-state index in [1.807, 2.05) is 12.2 Å². The van der Waals surface area contributed by atoms with Crippen LogP contribution >= 0.6 is 0 Å². The molecule has 0 aromatic carbocycles. The summed E-state index contributed by atoms with van der Waals surface area (Å²) in [5, 5.41) is 0. The fraction of sp³-hybridized carbons (Fsp3) is 0.583. The molecule has 0 saturated carbocycles. The van der Waals surface area contributed by atoms with Gasteiger partial charge >= 0.3 is 5.97 Å². The first kappa shape index (κ1) is 11.8. The molecule has 0 aromatic heterocycles. The van der Waals surface area contributed by atoms with Gasteiger partial charge in [0.2, 0.25) is 0 Å². The summed E-state index contributed by atoms with van der Waals surface area (Å²) in [5.41, 5.74) is 1.17. The Morgan fingerprint density at radius 1 is 1.60 bits per heavy atom. The second kappa shape index (κ2) is 5.59. The molecule has 0 radical (unpaired) electrons. The van der Waals surface area contributed by atoms with Crippen LogP contribution in [0.5, 0.6) is 0 Å². The van der Waals surface area contributed by atoms with Crippen molar-refractivity contribution in [3.63, 3.8) is 0 Å². The van der Waals surface area contributed by atoms with Crippen LogP contribution in [0.15, 0.2) is 24.0 Å². The van der Waals surface area contributed by atoms with Crippen LogP contribution in [0, 0.1) is 5.92 Å². The predicted octanol–water partition coefficient (Wildman–Crippen LogP) is 2.43. The molecule has 0 saturated heterocycles. The Bertz CT molecular complexity index is 279. The van der Waals surface area contributed by atoms with E-state index in [1.165, 1.54) is 12.5 Å². The molecule has 0 aromatic rings. The average molecular weight is 210 g/mol. The van der Waals surface area contributed by atoms with Crippen LogP contribution in [0.1, 0.15) is 26.7 Å². The average Bonchev–Trinajstić information content (AvgIpc) is 2.12. The first-order valence-corrected chi connectivity index (χ1v) is 5.19. The molecule has 3 nitrogen and oxygen atoms in total. The molecule has 1 aliphatic rings. The van der Waals surface area contributed by atoms with Gasteiger partial charge in [0.15, 0.2) is 0 Å². The molecule has 0 spiro atoms. The van der Waals surface area contributed by atoms with Crippen LogP contribution in [0.3, 0.4) is 0 Å². The number of hydrogen-bond acceptors (Lipinski definition) is 3. The minimum atomic E-state index is -0.222. The molecule has 15 heavy (non-hydrogen) atoms. The molecule has 84 valence electrons. The summed E-state index contributed by atoms with van der Waals surface area (Å²) in [7, 11) is 1.62. The summed E-state index contributed by atoms with van der Waals surface area (Å²) < 4.78 is 10.0. The number of carbonyl (C=O) groups is 1. The van der Waals surface area contributed by atoms with Crippen molar-refractivity contribution in [1.82, 2.24) is 0 Å². The lowest BCUT2D eigenvalue weighted by molar-refractivity contribution is -0.144. The fourth-order valence-corrected chi connectivity index (χ4v) is 1.83. The van der Waals surface area contributed by atoms with Gasteiger partial charge in [0.25, 0.3) is 0 Å². The van der Waals surface area contributed by atoms with E-state index in [9.17, 15) is 4.79 Å². The van der Waals surface area contributed by atoms with Gasteiger partial charge < -0.3 is 9.47 Å². The number of rotatable bonds is 3. The largest absolute Gasteiger partial charge is 0.504 e. The van der Waals surface area contributed by atoms with Gasteiger partial charge in [0, 0.05) is 6.92 Å². The number of hydrogen-bond donors (Lipinski definition) is 0. The number of carbonyl (C=O) groups excluding carboxylic acids is 1. The third-order valence-corrected chi connectivity index (χ3v) is 2.35. The minimum absolute atomic E-state index is 0.0808. The summed E-state index contributed by atoms with van der Waals surface area (Å²) in [5.74, 6) is 0.316. The van der Waals surface area contributed by atoms with Crippen molar-refractivity contribution in [2.24, 2.45) is 5.92 Å². The molecule has 0 aliphatic heterocycles. The maximum absolute atomic E-state index is 10.8. The van der Waals surface area contributed by atoms with E-state index in [1.54, 1.807) is 13.4 Å². The van der Waals surface area contributed by atoms with Crippen molar-refractivity contribution >= 4 is 5.97 Å². The lowest BCUT2D eigenvalue weighted by atomic mass is 9.88. The van der Waals surface area contributed by atoms with E-state index in [0.717, 1.165) is 12.8 Å². The Hall–Kier alpha value is -1.25. The molecule has 1 rings (SSSR count). The van der Waals surface area contributed by atoms with Crippen LogP contribution in [0.25, 0.3) is 0 Å². The quantitative estimate of drug-likeness (QED) is 0.530. The summed E-state index contributed by atoms with van der Waals surface area (Å²) in [6.45, 7) is 3.60. The highest BCUT2D eigenvalue weighted by Gasteiger charge is 2.20. The maximum atomic E-state index is 10.8. The third kappa shape index (κ3) is 4.19. The van der Waals surface area contributed by atoms with Crippen LogP contribution in [0.4, 0.5) is 0 Å². The number of ether oxygens (including phenoxy) is 2. The van der Waals surface area contributed by atoms with Crippen molar-refractivity contribution in [3.8, 4) is 0 Å². The van der Waals surface area contributed by atoms with Crippen molar-refractivity contribution in [3.05, 3.63) is 24.0 Å². The molecule has 1 aliphatic carbocycles. The van der Waals surface area contributed by atoms with E-state index in [4.69, 9.17) is 9.47 Å². The second-order valence-electron chi connectivity index (χ2n) is 3.97. The number of allylic oxidation sites excluding steroid dienone is 2. The van der Waals surface area contributed by atoms with E-state index < -0.39 is 0 Å². The smallest absolute Gasteiger partial charge is 0.303 e. The van der Waals surface area contributed by atoms with Gasteiger partial charge in [-0.25, -0.2) is 0 Å². The highest BCUT2D eigenvalue weighted by molar-refractivity contribution is 5.66. The Morgan fingerprint density at radius 3 is 2.93 bits per heavy atom. The van der Waals surface area contributed by atoms with Crippen LogP contribution in [0.2, 0.25) is 0 Å². The molecule has 3 heteroatoms. The van der Waals surface area contributed by atoms with Gasteiger partial charge in [-0.2, -0.15) is 0 Å². The normalized spacial score (nSPS) is 26.2. The standard InChI is InChI=1S/C12H18O3/c1-9-6-11(4-5-14-3)8-12(7-9)15-10(2)13/h4-5,8-9,12H,6-7H2,1-3H3/b5-4+/t9-,12-/m1/s1. The topological polar surface area (TPSA) is 35.5 Å². The second-order valence-corrected chi connectivity index (χ2v) is 3.97. The van der Waals surface area contributed by atoms with Gasteiger partial charge in [-0.15, -0.1) is 0 Å². The lowest BCUT2D eigenvalue weighted by Crippen LogP contribution is -2.21. The summed E-state index contributed by atoms with van der Waals surface area (Å²) >= 11 is 0. The molecule has 0 fully saturated rings. The van der Waals surface area contributed by atoms with E-state index in [0.29, 0.717) is 5.92 Å². The van der Waals surface area contributed by atoms with Gasteiger partial charge in [-0.3, -0.25) is 4.79 Å². The van der Waals surface area contributed by atoms with E-state index >= 15 is 0 Å². The molecule has 0 heterocycles. The first-order chi connectivity index (χ1) is 7.11. The van der Waals surface area contributed by atoms with Gasteiger partial charge in [0.05, 0.1) is 13.4 Å². The highest BCUT2D eigenvalue weighted by atomic mass is 16.5. The molecule has 0 N–H and O–H groups in total. The van der Waals surface area contributed by atoms with Gasteiger partial charge in [0.1, 0.15) is 6.10 Å². The van der Waals surface area contributed by atoms with Gasteiger partial charge in [-0.05, 0) is 36.5 Å². The van der Waals surface area contributed by atoms with Crippen molar-refractivity contribution < 1.29 is 14.3 Å². The monoisotopic (exact) mass is 210 g/mol. The molecule has 0 unspecified atom stereocenters. The Labute approximate surface area is 90.8 Å². The van der Waals surface area contributed by atoms with E-state index in [2.05, 4.69) is 6.92 Å². The van der Waals surface area contributed by atoms with E-state index in [-0.39, 0.29) is 12.1 Å². The van der Waals surface area contributed by atoms with Crippen molar-refractivity contribution in [2.75, 3.05) is 7.11 Å². The SMILES string of the molecule is CO/C=C/C1=C[C@H](OC(C)=O)C[C@H](C)C1. The first-order valence-electron chi connectivity index (χ1n) is 5.19. The number of esters is 1. The van der Waals surface area contributed by atoms with Crippen LogP contribution < -0.4 is 0 Å². The molecule has 0 amide bonds. The molecule has 0 bridgehead atoms.